The van der Waals surface area contributed by atoms with E-state index in [1.54, 1.807) is 0 Å². The number of hydrogen-bond donors (Lipinski definition) is 2. The molecule has 0 heterocycles. The topological polar surface area (TPSA) is 85.9 Å². The van der Waals surface area contributed by atoms with Crippen molar-refractivity contribution in [2.45, 2.75) is 238 Å². The van der Waals surface area contributed by atoms with Gasteiger partial charge in [0.05, 0.1) is 0 Å². The smallest absolute Gasteiger partial charge is 0.390 e. The first-order chi connectivity index (χ1) is 25.6. The Morgan fingerprint density at radius 2 is 0.698 bits per heavy atom. The molecule has 0 aliphatic rings. The molecule has 0 saturated carbocycles. The first-order valence-electron chi connectivity index (χ1n) is 21.5. The van der Waals surface area contributed by atoms with Gasteiger partial charge in [-0.15, -0.1) is 0 Å². The molecule has 0 rings (SSSR count). The van der Waals surface area contributed by atoms with Crippen LogP contribution in [0.15, 0.2) is 0 Å². The van der Waals surface area contributed by atoms with E-state index in [-0.39, 0.29) is 13.1 Å². The molecule has 2 amide bonds. The van der Waals surface area contributed by atoms with Gasteiger partial charge in [0.15, 0.2) is 0 Å². The number of amides is 2. The molecule has 1 unspecified atom stereocenters. The lowest BCUT2D eigenvalue weighted by molar-refractivity contribution is -0.451. The molecule has 12 heteroatoms. The summed E-state index contributed by atoms with van der Waals surface area (Å²) in [5, 5.41) is 4.17. The molecule has 2 N–H and O–H groups in total. The number of carbonyl (C=O) groups excluding carboxylic acids is 2. The van der Waals surface area contributed by atoms with Crippen LogP contribution in [0.5, 0.6) is 0 Å². The Labute approximate surface area is 319 Å². The number of ether oxygens (including phenoxy) is 3. The van der Waals surface area contributed by atoms with Crippen molar-refractivity contribution >= 4 is 12.2 Å². The zero-order valence-electron chi connectivity index (χ0n) is 33.6. The van der Waals surface area contributed by atoms with Gasteiger partial charge >= 0.3 is 30.9 Å². The fourth-order valence-electron chi connectivity index (χ4n) is 6.27. The Morgan fingerprint density at radius 1 is 0.434 bits per heavy atom. The molecule has 0 aromatic carbocycles. The fourth-order valence-corrected chi connectivity index (χ4v) is 6.27. The number of halogens is 5. The van der Waals surface area contributed by atoms with Crippen LogP contribution in [0.25, 0.3) is 0 Å². The lowest BCUT2D eigenvalue weighted by Crippen LogP contribution is -2.50. The summed E-state index contributed by atoms with van der Waals surface area (Å²) in [6, 6.07) is 0. The van der Waals surface area contributed by atoms with Crippen LogP contribution in [-0.4, -0.2) is 44.0 Å². The lowest BCUT2D eigenvalue weighted by atomic mass is 10.0. The molecule has 7 nitrogen and oxygen atoms in total. The molecular formula is C41H77F5N2O5. The van der Waals surface area contributed by atoms with Gasteiger partial charge in [-0.2, -0.15) is 22.0 Å². The minimum atomic E-state index is -5.59. The van der Waals surface area contributed by atoms with Gasteiger partial charge in [-0.1, -0.05) is 206 Å². The summed E-state index contributed by atoms with van der Waals surface area (Å²) >= 11 is 0. The minimum Gasteiger partial charge on any atom is -0.390 e. The van der Waals surface area contributed by atoms with Gasteiger partial charge in [-0.3, -0.25) is 0 Å². The van der Waals surface area contributed by atoms with Crippen molar-refractivity contribution in [3.05, 3.63) is 0 Å². The van der Waals surface area contributed by atoms with Gasteiger partial charge in [0.2, 0.25) is 0 Å². The Balaban J connectivity index is 3.80. The zero-order chi connectivity index (χ0) is 39.3. The molecule has 0 aromatic heterocycles. The summed E-state index contributed by atoms with van der Waals surface area (Å²) in [7, 11) is 0. The maximum atomic E-state index is 13.9. The first kappa shape index (κ1) is 51.1. The molecule has 0 saturated heterocycles. The highest BCUT2D eigenvalue weighted by Crippen LogP contribution is 2.37. The molecule has 0 bridgehead atoms. The summed E-state index contributed by atoms with van der Waals surface area (Å²) < 4.78 is 80.2. The average Bonchev–Trinajstić information content (AvgIpc) is 3.10. The predicted octanol–water partition coefficient (Wildman–Crippen LogP) is 14.4. The Kier molecular flexibility index (Phi) is 34.6. The predicted molar refractivity (Wildman–Crippen MR) is 204 cm³/mol. The highest BCUT2D eigenvalue weighted by atomic mass is 19.3. The van der Waals surface area contributed by atoms with Gasteiger partial charge < -0.3 is 20.1 Å². The summed E-state index contributed by atoms with van der Waals surface area (Å²) in [5.74, 6) is 0. The number of nitrogens with one attached hydrogen (secondary N) is 2. The lowest BCUT2D eigenvalue weighted by Gasteiger charge is -2.26. The molecule has 0 aliphatic carbocycles. The van der Waals surface area contributed by atoms with Crippen molar-refractivity contribution in [3.63, 3.8) is 0 Å². The quantitative estimate of drug-likeness (QED) is 0.0369. The highest BCUT2D eigenvalue weighted by molar-refractivity contribution is 5.67. The second-order valence-electron chi connectivity index (χ2n) is 14.7. The third-order valence-corrected chi connectivity index (χ3v) is 9.60. The van der Waals surface area contributed by atoms with Crippen molar-refractivity contribution in [1.82, 2.24) is 10.6 Å². The van der Waals surface area contributed by atoms with E-state index in [1.165, 1.54) is 141 Å². The van der Waals surface area contributed by atoms with E-state index in [1.807, 2.05) is 5.32 Å². The van der Waals surface area contributed by atoms with Crippen LogP contribution in [0.1, 0.15) is 219 Å². The largest absolute Gasteiger partial charge is 0.497 e. The summed E-state index contributed by atoms with van der Waals surface area (Å²) in [4.78, 5) is 23.4. The maximum Gasteiger partial charge on any atom is 0.497 e. The van der Waals surface area contributed by atoms with Crippen molar-refractivity contribution in [2.24, 2.45) is 0 Å². The average molecular weight is 773 g/mol. The van der Waals surface area contributed by atoms with Crippen LogP contribution < -0.4 is 10.6 Å². The molecule has 0 aromatic rings. The van der Waals surface area contributed by atoms with Crippen LogP contribution in [0.4, 0.5) is 31.5 Å². The zero-order valence-corrected chi connectivity index (χ0v) is 33.6. The molecule has 0 spiro atoms. The van der Waals surface area contributed by atoms with Crippen molar-refractivity contribution in [3.8, 4) is 0 Å². The number of rotatable bonds is 39. The second-order valence-corrected chi connectivity index (χ2v) is 14.7. The molecule has 0 aliphatic heterocycles. The van der Waals surface area contributed by atoms with E-state index in [0.717, 1.165) is 51.4 Å². The van der Waals surface area contributed by atoms with Gasteiger partial charge in [0, 0.05) is 13.1 Å². The molecular weight excluding hydrogens is 695 g/mol. The van der Waals surface area contributed by atoms with Crippen molar-refractivity contribution < 1.29 is 45.8 Å². The normalized spacial score (nSPS) is 12.5. The van der Waals surface area contributed by atoms with E-state index in [2.05, 4.69) is 33.4 Å². The van der Waals surface area contributed by atoms with Gasteiger partial charge in [-0.05, 0) is 12.8 Å². The Bertz CT molecular complexity index is 841. The standard InChI is InChI=1S/C41H77F5N2O5/c1-3-5-7-9-11-13-15-17-19-21-23-25-27-29-31-33-35-47-38(49)51-37(42)52-40(43,44)41(45,46)53-39(50)48-36-34-32-30-28-26-24-22-20-18-16-14-12-10-8-6-4-2/h37H,3-36H2,1-2H3,(H,47,49)(H,48,50). The second kappa shape index (κ2) is 35.8. The molecule has 1 atom stereocenters. The maximum absolute atomic E-state index is 13.9. The molecule has 316 valence electrons. The van der Waals surface area contributed by atoms with E-state index >= 15 is 0 Å². The number of carbonyl (C=O) groups is 2. The molecule has 53 heavy (non-hydrogen) atoms. The summed E-state index contributed by atoms with van der Waals surface area (Å²) in [5.41, 5.74) is 0. The van der Waals surface area contributed by atoms with Gasteiger partial charge in [0.1, 0.15) is 0 Å². The van der Waals surface area contributed by atoms with Crippen molar-refractivity contribution in [2.75, 3.05) is 13.1 Å². The summed E-state index contributed by atoms with van der Waals surface area (Å²) in [6.45, 7) is 0.991. The van der Waals surface area contributed by atoms with Crippen LogP contribution >= 0.6 is 0 Å². The Morgan fingerprint density at radius 3 is 1.00 bits per heavy atom. The third kappa shape index (κ3) is 33.2. The number of alkyl halides is 5. The third-order valence-electron chi connectivity index (χ3n) is 9.60. The van der Waals surface area contributed by atoms with E-state index in [4.69, 9.17) is 0 Å². The SMILES string of the molecule is CCCCCCCCCCCCCCCCCCNC(=O)OC(F)OC(F)(F)C(F)(F)OC(=O)NCCCCCCCCCCCCCCCCCC. The summed E-state index contributed by atoms with van der Waals surface area (Å²) in [6.07, 6.45) is 22.9. The van der Waals surface area contributed by atoms with Crippen LogP contribution in [0.2, 0.25) is 0 Å². The van der Waals surface area contributed by atoms with Crippen LogP contribution in [0, 0.1) is 0 Å². The minimum absolute atomic E-state index is 0.0474. The van der Waals surface area contributed by atoms with Gasteiger partial charge in [-0.25, -0.2) is 14.3 Å². The monoisotopic (exact) mass is 773 g/mol. The number of hydrogen-bond acceptors (Lipinski definition) is 5. The van der Waals surface area contributed by atoms with E-state index in [9.17, 15) is 31.5 Å². The Hall–Kier alpha value is -1.85. The molecule has 0 fully saturated rings. The van der Waals surface area contributed by atoms with Crippen molar-refractivity contribution in [1.29, 1.82) is 0 Å². The van der Waals surface area contributed by atoms with E-state index < -0.39 is 30.9 Å². The fraction of sp³-hybridized carbons (Fsp3) is 0.951. The molecule has 0 radical (unpaired) electrons. The number of alkyl carbamates (subject to hydrolysis) is 2. The number of unbranched alkanes of at least 4 members (excludes halogenated alkanes) is 30. The highest BCUT2D eigenvalue weighted by Gasteiger charge is 2.64. The van der Waals surface area contributed by atoms with Crippen LogP contribution in [0.3, 0.4) is 0 Å². The van der Waals surface area contributed by atoms with Gasteiger partial charge in [0.25, 0.3) is 0 Å². The van der Waals surface area contributed by atoms with Crippen LogP contribution in [-0.2, 0) is 14.2 Å². The first-order valence-corrected chi connectivity index (χ1v) is 21.5. The van der Waals surface area contributed by atoms with E-state index in [0.29, 0.717) is 12.8 Å².